The summed E-state index contributed by atoms with van der Waals surface area (Å²) < 4.78 is 29.7. The monoisotopic (exact) mass is 378 g/mol. The summed E-state index contributed by atoms with van der Waals surface area (Å²) in [6, 6.07) is 11.9. The lowest BCUT2D eigenvalue weighted by Gasteiger charge is -2.11. The molecular weight excluding hydrogens is 364 g/mol. The van der Waals surface area contributed by atoms with Crippen LogP contribution in [-0.4, -0.2) is 28.4 Å². The SMILES string of the molecule is Cc1ccc(NS(=O)(=O)c2ccc(-n3ccnn3)cc2)c2[nH]cc(C#N)c12. The largest absolute Gasteiger partial charge is 0.358 e. The molecule has 2 aromatic heterocycles. The molecule has 0 amide bonds. The molecule has 0 bridgehead atoms. The van der Waals surface area contributed by atoms with Crippen LogP contribution in [0.25, 0.3) is 16.6 Å². The Hall–Kier alpha value is -3.64. The van der Waals surface area contributed by atoms with E-state index in [-0.39, 0.29) is 4.90 Å². The van der Waals surface area contributed by atoms with Crippen molar-refractivity contribution in [1.29, 1.82) is 5.26 Å². The zero-order valence-corrected chi connectivity index (χ0v) is 15.0. The first kappa shape index (κ1) is 16.8. The smallest absolute Gasteiger partial charge is 0.261 e. The van der Waals surface area contributed by atoms with E-state index in [9.17, 15) is 13.7 Å². The van der Waals surface area contributed by atoms with E-state index in [1.165, 1.54) is 16.8 Å². The number of H-pyrrole nitrogens is 1. The predicted molar refractivity (Wildman–Crippen MR) is 99.9 cm³/mol. The van der Waals surface area contributed by atoms with Crippen LogP contribution in [0.5, 0.6) is 0 Å². The molecule has 0 spiro atoms. The van der Waals surface area contributed by atoms with Gasteiger partial charge < -0.3 is 4.98 Å². The van der Waals surface area contributed by atoms with Crippen LogP contribution in [-0.2, 0) is 10.0 Å². The summed E-state index contributed by atoms with van der Waals surface area (Å²) in [6.45, 7) is 1.87. The van der Waals surface area contributed by atoms with Gasteiger partial charge in [-0.15, -0.1) is 5.10 Å². The van der Waals surface area contributed by atoms with Crippen molar-refractivity contribution in [3.63, 3.8) is 0 Å². The first-order valence-electron chi connectivity index (χ1n) is 8.00. The first-order valence-corrected chi connectivity index (χ1v) is 9.48. The van der Waals surface area contributed by atoms with Crippen molar-refractivity contribution in [1.82, 2.24) is 20.0 Å². The third kappa shape index (κ3) is 2.92. The minimum atomic E-state index is -3.80. The fourth-order valence-electron chi connectivity index (χ4n) is 2.92. The van der Waals surface area contributed by atoms with Gasteiger partial charge in [0, 0.05) is 11.6 Å². The molecule has 8 nitrogen and oxygen atoms in total. The summed E-state index contributed by atoms with van der Waals surface area (Å²) in [5.41, 5.74) is 3.03. The standard InChI is InChI=1S/C18H14N6O2S/c1-12-2-7-16(18-17(12)13(10-19)11-20-18)22-27(25,26)15-5-3-14(4-6-15)24-9-8-21-23-24/h2-9,11,20,22H,1H3. The van der Waals surface area contributed by atoms with Gasteiger partial charge in [0.2, 0.25) is 0 Å². The topological polar surface area (TPSA) is 116 Å². The number of rotatable bonds is 4. The van der Waals surface area contributed by atoms with Gasteiger partial charge in [-0.25, -0.2) is 13.1 Å². The fraction of sp³-hybridized carbons (Fsp3) is 0.0556. The molecule has 2 N–H and O–H groups in total. The van der Waals surface area contributed by atoms with E-state index >= 15 is 0 Å². The highest BCUT2D eigenvalue weighted by atomic mass is 32.2. The van der Waals surface area contributed by atoms with Gasteiger partial charge in [0.1, 0.15) is 6.07 Å². The Morgan fingerprint density at radius 3 is 2.63 bits per heavy atom. The van der Waals surface area contributed by atoms with Crippen LogP contribution in [0.3, 0.4) is 0 Å². The minimum Gasteiger partial charge on any atom is -0.358 e. The van der Waals surface area contributed by atoms with E-state index in [1.807, 2.05) is 6.92 Å². The maximum atomic E-state index is 12.8. The molecule has 27 heavy (non-hydrogen) atoms. The van der Waals surface area contributed by atoms with Crippen LogP contribution < -0.4 is 4.72 Å². The van der Waals surface area contributed by atoms with Crippen LogP contribution in [0.15, 0.2) is 59.9 Å². The lowest BCUT2D eigenvalue weighted by atomic mass is 10.1. The average molecular weight is 378 g/mol. The molecule has 0 radical (unpaired) electrons. The molecule has 9 heteroatoms. The third-order valence-electron chi connectivity index (χ3n) is 4.24. The molecule has 0 aliphatic rings. The summed E-state index contributed by atoms with van der Waals surface area (Å²) in [7, 11) is -3.80. The molecule has 4 aromatic rings. The molecule has 2 heterocycles. The number of nitrogens with one attached hydrogen (secondary N) is 2. The summed E-state index contributed by atoms with van der Waals surface area (Å²) >= 11 is 0. The van der Waals surface area contributed by atoms with Crippen molar-refractivity contribution < 1.29 is 8.42 Å². The number of benzene rings is 2. The van der Waals surface area contributed by atoms with Gasteiger partial charge in [-0.2, -0.15) is 5.26 Å². The highest BCUT2D eigenvalue weighted by Crippen LogP contribution is 2.30. The maximum absolute atomic E-state index is 12.8. The summed E-state index contributed by atoms with van der Waals surface area (Å²) in [5.74, 6) is 0. The summed E-state index contributed by atoms with van der Waals surface area (Å²) in [6.07, 6.45) is 4.78. The molecule has 0 atom stereocenters. The average Bonchev–Trinajstić information content (AvgIpc) is 3.34. The molecule has 2 aromatic carbocycles. The summed E-state index contributed by atoms with van der Waals surface area (Å²) in [4.78, 5) is 3.10. The quantitative estimate of drug-likeness (QED) is 0.566. The first-order chi connectivity index (χ1) is 13.0. The number of anilines is 1. The Morgan fingerprint density at radius 1 is 1.19 bits per heavy atom. The molecule has 4 rings (SSSR count). The van der Waals surface area contributed by atoms with Gasteiger partial charge >= 0.3 is 0 Å². The van der Waals surface area contributed by atoms with Crippen molar-refractivity contribution >= 4 is 26.6 Å². The molecule has 134 valence electrons. The third-order valence-corrected chi connectivity index (χ3v) is 5.62. The van der Waals surface area contributed by atoms with Crippen molar-refractivity contribution in [2.24, 2.45) is 0 Å². The highest BCUT2D eigenvalue weighted by molar-refractivity contribution is 7.92. The van der Waals surface area contributed by atoms with Crippen molar-refractivity contribution in [3.05, 3.63) is 66.1 Å². The second-order valence-corrected chi connectivity index (χ2v) is 7.62. The Labute approximate surface area is 155 Å². The molecule has 0 fully saturated rings. The van der Waals surface area contributed by atoms with Crippen molar-refractivity contribution in [2.75, 3.05) is 4.72 Å². The number of aromatic amines is 1. The minimum absolute atomic E-state index is 0.118. The fourth-order valence-corrected chi connectivity index (χ4v) is 3.99. The van der Waals surface area contributed by atoms with Crippen LogP contribution in [0.1, 0.15) is 11.1 Å². The number of hydrogen-bond donors (Lipinski definition) is 2. The van der Waals surface area contributed by atoms with Gasteiger partial charge in [-0.1, -0.05) is 11.3 Å². The van der Waals surface area contributed by atoms with Crippen LogP contribution in [0.2, 0.25) is 0 Å². The second kappa shape index (κ2) is 6.26. The Kier molecular flexibility index (Phi) is 3.90. The van der Waals surface area contributed by atoms with Crippen LogP contribution >= 0.6 is 0 Å². The lowest BCUT2D eigenvalue weighted by Crippen LogP contribution is -2.13. The van der Waals surface area contributed by atoms with Crippen molar-refractivity contribution in [2.45, 2.75) is 11.8 Å². The van der Waals surface area contributed by atoms with E-state index in [0.717, 1.165) is 5.56 Å². The van der Waals surface area contributed by atoms with Gasteiger partial charge in [-0.3, -0.25) is 4.72 Å². The Morgan fingerprint density at radius 2 is 1.96 bits per heavy atom. The number of nitriles is 1. The van der Waals surface area contributed by atoms with Crippen LogP contribution in [0.4, 0.5) is 5.69 Å². The van der Waals surface area contributed by atoms with E-state index in [4.69, 9.17) is 0 Å². The van der Waals surface area contributed by atoms with Gasteiger partial charge in [-0.05, 0) is 42.8 Å². The Balaban J connectivity index is 1.70. The number of hydrogen-bond acceptors (Lipinski definition) is 5. The number of nitrogens with zero attached hydrogens (tertiary/aromatic N) is 4. The Bertz CT molecular complexity index is 1270. The number of aromatic nitrogens is 4. The second-order valence-electron chi connectivity index (χ2n) is 5.94. The number of aryl methyl sites for hydroxylation is 1. The van der Waals surface area contributed by atoms with Crippen LogP contribution in [0, 0.1) is 18.3 Å². The van der Waals surface area contributed by atoms with Gasteiger partial charge in [0.15, 0.2) is 0 Å². The lowest BCUT2D eigenvalue weighted by molar-refractivity contribution is 0.601. The van der Waals surface area contributed by atoms with Gasteiger partial charge in [0.05, 0.1) is 39.7 Å². The molecule has 0 unspecified atom stereocenters. The molecule has 0 aliphatic heterocycles. The summed E-state index contributed by atoms with van der Waals surface area (Å²) in [5, 5.41) is 17.5. The normalized spacial score (nSPS) is 11.4. The zero-order chi connectivity index (χ0) is 19.0. The molecule has 0 aliphatic carbocycles. The predicted octanol–water partition coefficient (Wildman–Crippen LogP) is 2.73. The van der Waals surface area contributed by atoms with E-state index < -0.39 is 10.0 Å². The number of sulfonamides is 1. The number of fused-ring (bicyclic) bond motifs is 1. The van der Waals surface area contributed by atoms with E-state index in [1.54, 1.807) is 42.9 Å². The van der Waals surface area contributed by atoms with Gasteiger partial charge in [0.25, 0.3) is 10.0 Å². The van der Waals surface area contributed by atoms with E-state index in [2.05, 4.69) is 26.1 Å². The highest BCUT2D eigenvalue weighted by Gasteiger charge is 2.18. The molecular formula is C18H14N6O2S. The zero-order valence-electron chi connectivity index (χ0n) is 14.2. The van der Waals surface area contributed by atoms with E-state index in [0.29, 0.717) is 27.8 Å². The molecule has 0 saturated heterocycles. The maximum Gasteiger partial charge on any atom is 0.261 e. The molecule has 0 saturated carbocycles. The van der Waals surface area contributed by atoms with Crippen molar-refractivity contribution in [3.8, 4) is 11.8 Å².